The summed E-state index contributed by atoms with van der Waals surface area (Å²) in [6, 6.07) is 7.53. The molecule has 0 heterocycles. The van der Waals surface area contributed by atoms with Gasteiger partial charge in [0.2, 0.25) is 11.8 Å². The van der Waals surface area contributed by atoms with Crippen LogP contribution in [0.3, 0.4) is 0 Å². The molecule has 0 radical (unpaired) electrons. The van der Waals surface area contributed by atoms with Crippen LogP contribution in [0.4, 0.5) is 5.69 Å². The summed E-state index contributed by atoms with van der Waals surface area (Å²) < 4.78 is 0. The fraction of sp³-hybridized carbons (Fsp3) is 0.333. The predicted molar refractivity (Wildman–Crippen MR) is 66.7 cm³/mol. The smallest absolute Gasteiger partial charge is 0.238 e. The number of carbonyl (C=O) groups excluding carboxylic acids is 2. The van der Waals surface area contributed by atoms with Gasteiger partial charge in [-0.3, -0.25) is 14.9 Å². The van der Waals surface area contributed by atoms with Crippen LogP contribution in [0.15, 0.2) is 24.3 Å². The molecule has 1 aromatic rings. The summed E-state index contributed by atoms with van der Waals surface area (Å²) in [6.07, 6.45) is 0. The number of carbonyl (C=O) groups is 2. The van der Waals surface area contributed by atoms with E-state index in [4.69, 9.17) is 0 Å². The van der Waals surface area contributed by atoms with Crippen molar-refractivity contribution in [1.82, 2.24) is 10.6 Å². The molecule has 0 atom stereocenters. The highest BCUT2D eigenvalue weighted by Gasteiger charge is 2.03. The topological polar surface area (TPSA) is 70.2 Å². The molecule has 1 aromatic carbocycles. The van der Waals surface area contributed by atoms with Gasteiger partial charge in [0.05, 0.1) is 13.1 Å². The van der Waals surface area contributed by atoms with Gasteiger partial charge in [-0.2, -0.15) is 0 Å². The van der Waals surface area contributed by atoms with Gasteiger partial charge in [-0.05, 0) is 19.1 Å². The fourth-order valence-electron chi connectivity index (χ4n) is 1.22. The van der Waals surface area contributed by atoms with Crippen molar-refractivity contribution >= 4 is 17.5 Å². The number of aryl methyl sites for hydroxylation is 1. The van der Waals surface area contributed by atoms with Crippen LogP contribution in [-0.2, 0) is 9.59 Å². The van der Waals surface area contributed by atoms with E-state index >= 15 is 0 Å². The number of benzene rings is 1. The van der Waals surface area contributed by atoms with Crippen molar-refractivity contribution in [3.8, 4) is 0 Å². The highest BCUT2D eigenvalue weighted by atomic mass is 16.2. The molecular weight excluding hydrogens is 218 g/mol. The van der Waals surface area contributed by atoms with Crippen LogP contribution in [0.5, 0.6) is 0 Å². The van der Waals surface area contributed by atoms with Gasteiger partial charge < -0.3 is 10.6 Å². The number of amides is 2. The van der Waals surface area contributed by atoms with Gasteiger partial charge in [0.15, 0.2) is 0 Å². The number of nitrogens with one attached hydrogen (secondary N) is 3. The zero-order valence-electron chi connectivity index (χ0n) is 10.0. The number of hydrogen-bond acceptors (Lipinski definition) is 3. The monoisotopic (exact) mass is 235 g/mol. The predicted octanol–water partition coefficient (Wildman–Crippen LogP) is 0.269. The Morgan fingerprint density at radius 2 is 1.65 bits per heavy atom. The van der Waals surface area contributed by atoms with Crippen LogP contribution in [0.1, 0.15) is 5.56 Å². The summed E-state index contributed by atoms with van der Waals surface area (Å²) in [5.41, 5.74) is 1.89. The first-order valence-electron chi connectivity index (χ1n) is 5.39. The van der Waals surface area contributed by atoms with Crippen molar-refractivity contribution < 1.29 is 9.59 Å². The van der Waals surface area contributed by atoms with Gasteiger partial charge in [0.25, 0.3) is 0 Å². The number of rotatable bonds is 5. The van der Waals surface area contributed by atoms with Crippen LogP contribution in [0.2, 0.25) is 0 Å². The van der Waals surface area contributed by atoms with Crippen LogP contribution in [-0.4, -0.2) is 32.0 Å². The second-order valence-electron chi connectivity index (χ2n) is 3.69. The SMILES string of the molecule is CNC(=O)CNCC(=O)Nc1ccc(C)cc1. The van der Waals surface area contributed by atoms with E-state index in [9.17, 15) is 9.59 Å². The lowest BCUT2D eigenvalue weighted by Gasteiger charge is -2.06. The summed E-state index contributed by atoms with van der Waals surface area (Å²) in [5, 5.41) is 7.93. The van der Waals surface area contributed by atoms with E-state index in [2.05, 4.69) is 16.0 Å². The summed E-state index contributed by atoms with van der Waals surface area (Å²) in [5.74, 6) is -0.314. The second kappa shape index (κ2) is 6.65. The van der Waals surface area contributed by atoms with Crippen molar-refractivity contribution in [2.45, 2.75) is 6.92 Å². The Labute approximate surface area is 101 Å². The zero-order valence-corrected chi connectivity index (χ0v) is 10.0. The molecule has 92 valence electrons. The van der Waals surface area contributed by atoms with E-state index < -0.39 is 0 Å². The molecule has 0 spiro atoms. The van der Waals surface area contributed by atoms with E-state index in [1.807, 2.05) is 31.2 Å². The quantitative estimate of drug-likeness (QED) is 0.686. The molecule has 0 aliphatic rings. The van der Waals surface area contributed by atoms with Gasteiger partial charge >= 0.3 is 0 Å². The highest BCUT2D eigenvalue weighted by Crippen LogP contribution is 2.07. The largest absolute Gasteiger partial charge is 0.358 e. The Balaban J connectivity index is 2.30. The Bertz CT molecular complexity index is 387. The lowest BCUT2D eigenvalue weighted by Crippen LogP contribution is -2.36. The van der Waals surface area contributed by atoms with Crippen LogP contribution in [0, 0.1) is 6.92 Å². The van der Waals surface area contributed by atoms with E-state index in [1.54, 1.807) is 7.05 Å². The maximum atomic E-state index is 11.5. The maximum absolute atomic E-state index is 11.5. The molecule has 0 aliphatic carbocycles. The summed E-state index contributed by atoms with van der Waals surface area (Å²) in [6.45, 7) is 2.23. The number of hydrogen-bond donors (Lipinski definition) is 3. The van der Waals surface area contributed by atoms with Gasteiger partial charge in [-0.15, -0.1) is 0 Å². The minimum absolute atomic E-state index is 0.112. The Morgan fingerprint density at radius 1 is 1.06 bits per heavy atom. The first-order chi connectivity index (χ1) is 8.11. The third kappa shape index (κ3) is 5.12. The van der Waals surface area contributed by atoms with Gasteiger partial charge in [0.1, 0.15) is 0 Å². The van der Waals surface area contributed by atoms with E-state index in [1.165, 1.54) is 0 Å². The molecule has 2 amide bonds. The molecule has 0 aliphatic heterocycles. The highest BCUT2D eigenvalue weighted by molar-refractivity contribution is 5.92. The third-order valence-corrected chi connectivity index (χ3v) is 2.19. The third-order valence-electron chi connectivity index (χ3n) is 2.19. The van der Waals surface area contributed by atoms with Gasteiger partial charge in [-0.1, -0.05) is 17.7 Å². The number of likely N-dealkylation sites (N-methyl/N-ethyl adjacent to an activating group) is 1. The molecule has 17 heavy (non-hydrogen) atoms. The summed E-state index contributed by atoms with van der Waals surface area (Å²) in [7, 11) is 1.55. The molecule has 0 saturated heterocycles. The molecule has 5 heteroatoms. The van der Waals surface area contributed by atoms with Crippen LogP contribution < -0.4 is 16.0 Å². The van der Waals surface area contributed by atoms with Crippen LogP contribution >= 0.6 is 0 Å². The molecule has 0 fully saturated rings. The van der Waals surface area contributed by atoms with E-state index in [-0.39, 0.29) is 24.9 Å². The average molecular weight is 235 g/mol. The Kier molecular flexibility index (Phi) is 5.16. The zero-order chi connectivity index (χ0) is 12.7. The Morgan fingerprint density at radius 3 is 2.24 bits per heavy atom. The fourth-order valence-corrected chi connectivity index (χ4v) is 1.22. The standard InChI is InChI=1S/C12H17N3O2/c1-9-3-5-10(6-4-9)15-12(17)8-14-7-11(16)13-2/h3-6,14H,7-8H2,1-2H3,(H,13,16)(H,15,17). The molecule has 0 unspecified atom stereocenters. The van der Waals surface area contributed by atoms with E-state index in [0.717, 1.165) is 11.3 Å². The van der Waals surface area contributed by atoms with Crippen molar-refractivity contribution in [2.75, 3.05) is 25.5 Å². The van der Waals surface area contributed by atoms with Gasteiger partial charge in [0, 0.05) is 12.7 Å². The molecule has 3 N–H and O–H groups in total. The summed E-state index contributed by atoms with van der Waals surface area (Å²) >= 11 is 0. The summed E-state index contributed by atoms with van der Waals surface area (Å²) in [4.78, 5) is 22.3. The molecule has 5 nitrogen and oxygen atoms in total. The molecule has 0 bridgehead atoms. The molecule has 0 aromatic heterocycles. The molecule has 1 rings (SSSR count). The maximum Gasteiger partial charge on any atom is 0.238 e. The van der Waals surface area contributed by atoms with Crippen molar-refractivity contribution in [1.29, 1.82) is 0 Å². The average Bonchev–Trinajstić information content (AvgIpc) is 2.32. The van der Waals surface area contributed by atoms with Crippen molar-refractivity contribution in [3.63, 3.8) is 0 Å². The van der Waals surface area contributed by atoms with Crippen LogP contribution in [0.25, 0.3) is 0 Å². The number of anilines is 1. The Hall–Kier alpha value is -1.88. The van der Waals surface area contributed by atoms with Crippen molar-refractivity contribution in [2.24, 2.45) is 0 Å². The normalized spacial score (nSPS) is 9.76. The second-order valence-corrected chi connectivity index (χ2v) is 3.69. The first kappa shape index (κ1) is 13.2. The van der Waals surface area contributed by atoms with E-state index in [0.29, 0.717) is 0 Å². The molecular formula is C12H17N3O2. The van der Waals surface area contributed by atoms with Gasteiger partial charge in [-0.25, -0.2) is 0 Å². The lowest BCUT2D eigenvalue weighted by molar-refractivity contribution is -0.119. The lowest BCUT2D eigenvalue weighted by atomic mass is 10.2. The minimum atomic E-state index is -0.169. The molecule has 0 saturated carbocycles. The first-order valence-corrected chi connectivity index (χ1v) is 5.39. The van der Waals surface area contributed by atoms with Crippen molar-refractivity contribution in [3.05, 3.63) is 29.8 Å². The minimum Gasteiger partial charge on any atom is -0.358 e.